The highest BCUT2D eigenvalue weighted by Gasteiger charge is 2.26. The van der Waals surface area contributed by atoms with Gasteiger partial charge in [0, 0.05) is 30.6 Å². The van der Waals surface area contributed by atoms with Crippen LogP contribution in [-0.2, 0) is 6.61 Å². The number of H-pyrrole nitrogens is 1. The third-order valence-corrected chi connectivity index (χ3v) is 6.75. The third-order valence-electron chi connectivity index (χ3n) is 6.52. The topological polar surface area (TPSA) is 74.3 Å². The van der Waals surface area contributed by atoms with E-state index >= 15 is 0 Å². The van der Waals surface area contributed by atoms with E-state index in [2.05, 4.69) is 47.2 Å². The molecule has 0 amide bonds. The normalized spacial score (nSPS) is 22.8. The number of fused-ring (bicyclic) bond motifs is 1. The van der Waals surface area contributed by atoms with Crippen molar-refractivity contribution in [3.05, 3.63) is 71.2 Å². The minimum absolute atomic E-state index is 0.131. The molecule has 2 N–H and O–H groups in total. The number of allylic oxidation sites excluding steroid dienone is 4. The van der Waals surface area contributed by atoms with Crippen molar-refractivity contribution in [2.45, 2.75) is 32.3 Å². The van der Waals surface area contributed by atoms with Crippen molar-refractivity contribution >= 4 is 28.5 Å². The molecule has 1 aromatic carbocycles. The van der Waals surface area contributed by atoms with Crippen LogP contribution in [0.2, 0.25) is 5.02 Å². The third kappa shape index (κ3) is 4.77. The minimum Gasteiger partial charge on any atom is -0.487 e. The Morgan fingerprint density at radius 2 is 2.09 bits per heavy atom. The molecule has 7 heteroatoms. The minimum atomic E-state index is 0.131. The molecule has 5 rings (SSSR count). The van der Waals surface area contributed by atoms with Gasteiger partial charge in [-0.2, -0.15) is 0 Å². The molecule has 1 aliphatic heterocycles. The number of hydrogen-bond acceptors (Lipinski definition) is 5. The Hall–Kier alpha value is -2.83. The lowest BCUT2D eigenvalue weighted by Crippen LogP contribution is -2.37. The summed E-state index contributed by atoms with van der Waals surface area (Å²) in [6.45, 7) is 4.51. The molecule has 2 aromatic heterocycles. The van der Waals surface area contributed by atoms with Crippen LogP contribution in [-0.4, -0.2) is 39.8 Å². The molecule has 3 heterocycles. The summed E-state index contributed by atoms with van der Waals surface area (Å²) in [7, 11) is 0. The number of aromatic amines is 1. The summed E-state index contributed by atoms with van der Waals surface area (Å²) in [5.74, 6) is 3.21. The maximum atomic E-state index is 9.76. The molecule has 172 valence electrons. The summed E-state index contributed by atoms with van der Waals surface area (Å²) in [4.78, 5) is 15.8. The second-order valence-electron chi connectivity index (χ2n) is 9.00. The second-order valence-corrected chi connectivity index (χ2v) is 9.44. The average Bonchev–Trinajstić information content (AvgIpc) is 3.25. The Morgan fingerprint density at radius 1 is 1.21 bits per heavy atom. The molecule has 0 bridgehead atoms. The molecule has 1 saturated heterocycles. The average molecular weight is 465 g/mol. The quantitative estimate of drug-likeness (QED) is 0.521. The maximum Gasteiger partial charge on any atom is 0.143 e. The van der Waals surface area contributed by atoms with Gasteiger partial charge in [0.25, 0.3) is 0 Å². The van der Waals surface area contributed by atoms with Crippen LogP contribution in [0.3, 0.4) is 0 Å². The second kappa shape index (κ2) is 9.57. The molecule has 1 fully saturated rings. The summed E-state index contributed by atoms with van der Waals surface area (Å²) in [5.41, 5.74) is 1.75. The predicted octanol–water partition coefficient (Wildman–Crippen LogP) is 5.24. The van der Waals surface area contributed by atoms with Crippen molar-refractivity contribution in [1.82, 2.24) is 15.0 Å². The molecule has 6 nitrogen and oxygen atoms in total. The highest BCUT2D eigenvalue weighted by Crippen LogP contribution is 2.34. The maximum absolute atomic E-state index is 9.76. The first-order valence-corrected chi connectivity index (χ1v) is 12.0. The van der Waals surface area contributed by atoms with Gasteiger partial charge in [0.15, 0.2) is 0 Å². The monoisotopic (exact) mass is 464 g/mol. The smallest absolute Gasteiger partial charge is 0.143 e. The SMILES string of the molecule is CC1C=CC=CC1c1nc(N2CCC[C@@H](CO)C2)c2cc(COc3cccc(Cl)c3)[nH]c2n1. The molecule has 0 saturated carbocycles. The number of benzene rings is 1. The van der Waals surface area contributed by atoms with E-state index in [0.717, 1.165) is 60.1 Å². The molecule has 1 aliphatic carbocycles. The number of nitrogens with zero attached hydrogens (tertiary/aromatic N) is 3. The van der Waals surface area contributed by atoms with E-state index in [4.69, 9.17) is 26.3 Å². The fourth-order valence-corrected chi connectivity index (χ4v) is 4.88. The van der Waals surface area contributed by atoms with Crippen molar-refractivity contribution in [3.8, 4) is 5.75 Å². The van der Waals surface area contributed by atoms with E-state index in [1.807, 2.05) is 18.2 Å². The first-order chi connectivity index (χ1) is 16.1. The number of piperidine rings is 1. The fraction of sp³-hybridized carbons (Fsp3) is 0.385. The van der Waals surface area contributed by atoms with Crippen LogP contribution in [0, 0.1) is 11.8 Å². The number of aliphatic hydroxyl groups excluding tert-OH is 1. The Morgan fingerprint density at radius 3 is 2.91 bits per heavy atom. The molecule has 0 radical (unpaired) electrons. The van der Waals surface area contributed by atoms with Crippen LogP contribution in [0.5, 0.6) is 5.75 Å². The molecular weight excluding hydrogens is 436 g/mol. The molecule has 0 spiro atoms. The number of aliphatic hydroxyl groups is 1. The predicted molar refractivity (Wildman–Crippen MR) is 132 cm³/mol. The first kappa shape index (κ1) is 22.0. The number of nitrogens with one attached hydrogen (secondary N) is 1. The molecule has 2 unspecified atom stereocenters. The van der Waals surface area contributed by atoms with Gasteiger partial charge < -0.3 is 19.7 Å². The van der Waals surface area contributed by atoms with Gasteiger partial charge in [-0.1, -0.05) is 48.9 Å². The molecule has 2 aliphatic rings. The van der Waals surface area contributed by atoms with E-state index < -0.39 is 0 Å². The van der Waals surface area contributed by atoms with Gasteiger partial charge >= 0.3 is 0 Å². The largest absolute Gasteiger partial charge is 0.487 e. The van der Waals surface area contributed by atoms with Crippen LogP contribution in [0.25, 0.3) is 11.0 Å². The van der Waals surface area contributed by atoms with E-state index in [0.29, 0.717) is 17.5 Å². The summed E-state index contributed by atoms with van der Waals surface area (Å²) in [6.07, 6.45) is 10.6. The van der Waals surface area contributed by atoms with Gasteiger partial charge in [-0.3, -0.25) is 0 Å². The van der Waals surface area contributed by atoms with Crippen LogP contribution in [0.4, 0.5) is 5.82 Å². The van der Waals surface area contributed by atoms with Crippen molar-refractivity contribution < 1.29 is 9.84 Å². The van der Waals surface area contributed by atoms with Crippen molar-refractivity contribution in [3.63, 3.8) is 0 Å². The van der Waals surface area contributed by atoms with Gasteiger partial charge in [0.1, 0.15) is 29.6 Å². The van der Waals surface area contributed by atoms with Crippen molar-refractivity contribution in [1.29, 1.82) is 0 Å². The summed E-state index contributed by atoms with van der Waals surface area (Å²) in [6, 6.07) is 9.49. The zero-order valence-electron chi connectivity index (χ0n) is 18.7. The number of anilines is 1. The number of hydrogen-bond donors (Lipinski definition) is 2. The molecule has 3 atom stereocenters. The standard InChI is InChI=1S/C26H29ClN4O2/c1-17-6-2-3-10-22(17)24-29-25-23(26(30-24)31-11-5-7-18(14-31)15-32)13-20(28-25)16-33-21-9-4-8-19(27)12-21/h2-4,6,8-10,12-13,17-18,22,32H,5,7,11,14-16H2,1H3,(H,28,29,30)/t17?,18-,22?/m1/s1. The lowest BCUT2D eigenvalue weighted by Gasteiger charge is -2.33. The number of ether oxygens (including phenoxy) is 1. The number of halogens is 1. The Balaban J connectivity index is 1.50. The van der Waals surface area contributed by atoms with E-state index in [1.165, 1.54) is 0 Å². The van der Waals surface area contributed by atoms with Crippen molar-refractivity contribution in [2.75, 3.05) is 24.6 Å². The van der Waals surface area contributed by atoms with Gasteiger partial charge in [0.05, 0.1) is 11.1 Å². The van der Waals surface area contributed by atoms with Crippen molar-refractivity contribution in [2.24, 2.45) is 11.8 Å². The highest BCUT2D eigenvalue weighted by atomic mass is 35.5. The molecule has 33 heavy (non-hydrogen) atoms. The van der Waals surface area contributed by atoms with Gasteiger partial charge in [-0.05, 0) is 48.9 Å². The van der Waals surface area contributed by atoms with E-state index in [-0.39, 0.29) is 18.4 Å². The van der Waals surface area contributed by atoms with E-state index in [1.54, 1.807) is 6.07 Å². The lowest BCUT2D eigenvalue weighted by atomic mass is 9.89. The van der Waals surface area contributed by atoms with Crippen LogP contribution < -0.4 is 9.64 Å². The Kier molecular flexibility index (Phi) is 6.38. The highest BCUT2D eigenvalue weighted by molar-refractivity contribution is 6.30. The number of aromatic nitrogens is 3. The van der Waals surface area contributed by atoms with Gasteiger partial charge in [-0.15, -0.1) is 0 Å². The molecular formula is C26H29ClN4O2. The lowest BCUT2D eigenvalue weighted by molar-refractivity contribution is 0.208. The van der Waals surface area contributed by atoms with Crippen LogP contribution in [0.15, 0.2) is 54.6 Å². The summed E-state index contributed by atoms with van der Waals surface area (Å²) >= 11 is 6.08. The zero-order valence-corrected chi connectivity index (χ0v) is 19.5. The fourth-order valence-electron chi connectivity index (χ4n) is 4.70. The molecule has 3 aromatic rings. The van der Waals surface area contributed by atoms with Crippen LogP contribution >= 0.6 is 11.6 Å². The number of rotatable bonds is 6. The van der Waals surface area contributed by atoms with Gasteiger partial charge in [-0.25, -0.2) is 9.97 Å². The first-order valence-electron chi connectivity index (χ1n) is 11.6. The summed E-state index contributed by atoms with van der Waals surface area (Å²) in [5, 5.41) is 11.4. The zero-order chi connectivity index (χ0) is 22.8. The van der Waals surface area contributed by atoms with Crippen LogP contribution in [0.1, 0.15) is 37.2 Å². The Labute approximate surface area is 199 Å². The summed E-state index contributed by atoms with van der Waals surface area (Å²) < 4.78 is 5.96. The Bertz CT molecular complexity index is 1190. The van der Waals surface area contributed by atoms with E-state index in [9.17, 15) is 5.11 Å². The van der Waals surface area contributed by atoms with Gasteiger partial charge in [0.2, 0.25) is 0 Å².